The van der Waals surface area contributed by atoms with Crippen molar-refractivity contribution < 1.29 is 4.79 Å². The molecule has 0 saturated carbocycles. The van der Waals surface area contributed by atoms with Crippen molar-refractivity contribution in [2.75, 3.05) is 11.5 Å². The number of hydrogen-bond acceptors (Lipinski definition) is 7. The number of rotatable bonds is 10. The van der Waals surface area contributed by atoms with Gasteiger partial charge in [0, 0.05) is 16.8 Å². The molecule has 0 spiro atoms. The Kier molecular flexibility index (Phi) is 9.71. The zero-order valence-electron chi connectivity index (χ0n) is 12.8. The third-order valence-corrected chi connectivity index (χ3v) is 7.51. The first-order valence-electron chi connectivity index (χ1n) is 7.02. The van der Waals surface area contributed by atoms with Crippen LogP contribution in [0, 0.1) is 0 Å². The van der Waals surface area contributed by atoms with Crippen molar-refractivity contribution in [3.63, 3.8) is 0 Å². The van der Waals surface area contributed by atoms with Crippen LogP contribution in [0.15, 0.2) is 20.8 Å². The van der Waals surface area contributed by atoms with Gasteiger partial charge in [-0.3, -0.25) is 4.79 Å². The Labute approximate surface area is 144 Å². The molecule has 1 heterocycles. The molecule has 0 radical (unpaired) electrons. The topological polar surface area (TPSA) is 42.9 Å². The van der Waals surface area contributed by atoms with Crippen LogP contribution in [0.3, 0.4) is 0 Å². The summed E-state index contributed by atoms with van der Waals surface area (Å²) in [5, 5.41) is 8.83. The first kappa shape index (κ1) is 19.1. The molecule has 21 heavy (non-hydrogen) atoms. The van der Waals surface area contributed by atoms with E-state index in [4.69, 9.17) is 0 Å². The third kappa shape index (κ3) is 7.72. The Balaban J connectivity index is 2.46. The number of carbonyl (C=O) groups is 1. The largest absolute Gasteiger partial charge is 0.282 e. The van der Waals surface area contributed by atoms with Gasteiger partial charge < -0.3 is 0 Å². The zero-order chi connectivity index (χ0) is 15.7. The zero-order valence-corrected chi connectivity index (χ0v) is 16.0. The van der Waals surface area contributed by atoms with Crippen LogP contribution in [-0.4, -0.2) is 32.1 Å². The molecule has 7 heteroatoms. The molecule has 118 valence electrons. The molecule has 3 nitrogen and oxygen atoms in total. The average molecular weight is 363 g/mol. The molecule has 0 aliphatic carbocycles. The van der Waals surface area contributed by atoms with Gasteiger partial charge in [-0.15, -0.1) is 10.2 Å². The van der Waals surface area contributed by atoms with E-state index in [2.05, 4.69) is 30.6 Å². The Morgan fingerprint density at radius 2 is 1.90 bits per heavy atom. The minimum Gasteiger partial charge on any atom is -0.282 e. The van der Waals surface area contributed by atoms with Gasteiger partial charge in [-0.2, -0.15) is 0 Å². The molecule has 0 aliphatic heterocycles. The van der Waals surface area contributed by atoms with Crippen molar-refractivity contribution in [2.24, 2.45) is 0 Å². The Morgan fingerprint density at radius 1 is 1.24 bits per heavy atom. The molecule has 0 amide bonds. The van der Waals surface area contributed by atoms with Gasteiger partial charge in [0.15, 0.2) is 8.68 Å². The lowest BCUT2D eigenvalue weighted by molar-refractivity contribution is -0.107. The highest BCUT2D eigenvalue weighted by molar-refractivity contribution is 8.15. The van der Waals surface area contributed by atoms with Crippen molar-refractivity contribution >= 4 is 51.7 Å². The normalized spacial score (nSPS) is 12.3. The van der Waals surface area contributed by atoms with E-state index < -0.39 is 0 Å². The number of carbonyl (C=O) groups excluding carboxylic acids is 1. The van der Waals surface area contributed by atoms with Gasteiger partial charge >= 0.3 is 0 Å². The summed E-state index contributed by atoms with van der Waals surface area (Å²) >= 11 is 6.53. The Hall–Kier alpha value is 0.0200. The second-order valence-corrected chi connectivity index (χ2v) is 9.45. The quantitative estimate of drug-likeness (QED) is 0.424. The molecule has 0 aliphatic rings. The van der Waals surface area contributed by atoms with Crippen molar-refractivity contribution in [2.45, 2.75) is 54.0 Å². The summed E-state index contributed by atoms with van der Waals surface area (Å²) in [4.78, 5) is 11.8. The van der Waals surface area contributed by atoms with Crippen molar-refractivity contribution in [1.82, 2.24) is 10.2 Å². The predicted octanol–water partition coefficient (Wildman–Crippen LogP) is 5.14. The maximum absolute atomic E-state index is 11.8. The summed E-state index contributed by atoms with van der Waals surface area (Å²) in [5.74, 6) is 1.98. The number of nitrogens with zero attached hydrogens (tertiary/aromatic N) is 2. The fourth-order valence-corrected chi connectivity index (χ4v) is 5.69. The highest BCUT2D eigenvalue weighted by Gasteiger charge is 2.16. The number of aromatic nitrogens is 2. The maximum atomic E-state index is 11.8. The minimum absolute atomic E-state index is 0.102. The lowest BCUT2D eigenvalue weighted by Gasteiger charge is -2.13. The van der Waals surface area contributed by atoms with Gasteiger partial charge in [-0.1, -0.05) is 73.5 Å². The van der Waals surface area contributed by atoms with Crippen molar-refractivity contribution in [1.29, 1.82) is 0 Å². The summed E-state index contributed by atoms with van der Waals surface area (Å²) < 4.78 is 2.04. The van der Waals surface area contributed by atoms with E-state index in [0.717, 1.165) is 39.4 Å². The molecule has 0 aromatic carbocycles. The van der Waals surface area contributed by atoms with E-state index in [1.807, 2.05) is 0 Å². The van der Waals surface area contributed by atoms with Crippen LogP contribution in [0.1, 0.15) is 40.0 Å². The molecule has 0 fully saturated rings. The van der Waals surface area contributed by atoms with Crippen molar-refractivity contribution in [3.05, 3.63) is 12.2 Å². The molecular weight excluding hydrogens is 340 g/mol. The summed E-state index contributed by atoms with van der Waals surface area (Å²) in [6.45, 7) is 9.80. The first-order chi connectivity index (χ1) is 10.1. The van der Waals surface area contributed by atoms with E-state index >= 15 is 0 Å². The summed E-state index contributed by atoms with van der Waals surface area (Å²) in [5.41, 5.74) is 0.625. The number of hydrogen-bond donors (Lipinski definition) is 0. The molecule has 0 N–H and O–H groups in total. The molecule has 1 atom stereocenters. The van der Waals surface area contributed by atoms with Crippen LogP contribution in [0.2, 0.25) is 0 Å². The van der Waals surface area contributed by atoms with Crippen LogP contribution < -0.4 is 0 Å². The van der Waals surface area contributed by atoms with Crippen LogP contribution >= 0.6 is 46.6 Å². The lowest BCUT2D eigenvalue weighted by atomic mass is 10.3. The molecule has 1 aromatic rings. The molecule has 1 rings (SSSR count). The average Bonchev–Trinajstić information content (AvgIpc) is 2.90. The molecule has 0 bridgehead atoms. The maximum Gasteiger partial charge on any atom is 0.214 e. The summed E-state index contributed by atoms with van der Waals surface area (Å²) in [6.07, 6.45) is 3.26. The Morgan fingerprint density at radius 3 is 2.48 bits per heavy atom. The van der Waals surface area contributed by atoms with Gasteiger partial charge in [0.05, 0.1) is 0 Å². The summed E-state index contributed by atoms with van der Waals surface area (Å²) in [6, 6.07) is 0. The standard InChI is InChI=1S/C14H22N2OS4/c1-5-7-11(20-12(17)10(3)4)9-19-14-16-15-13(21-14)18-8-6-2/h11H,3,5-9H2,1-2,4H3. The molecule has 0 saturated heterocycles. The van der Waals surface area contributed by atoms with Gasteiger partial charge in [0.25, 0.3) is 0 Å². The van der Waals surface area contributed by atoms with Gasteiger partial charge in [-0.05, 0) is 25.3 Å². The van der Waals surface area contributed by atoms with Gasteiger partial charge in [0.2, 0.25) is 5.12 Å². The van der Waals surface area contributed by atoms with Crippen molar-refractivity contribution in [3.8, 4) is 0 Å². The fraction of sp³-hybridized carbons (Fsp3) is 0.643. The first-order valence-corrected chi connectivity index (χ1v) is 10.7. The molecule has 1 aromatic heterocycles. The minimum atomic E-state index is 0.102. The van der Waals surface area contributed by atoms with Crippen LogP contribution in [0.5, 0.6) is 0 Å². The van der Waals surface area contributed by atoms with E-state index in [1.165, 1.54) is 11.8 Å². The van der Waals surface area contributed by atoms with Crippen LogP contribution in [-0.2, 0) is 4.79 Å². The van der Waals surface area contributed by atoms with E-state index in [-0.39, 0.29) is 5.12 Å². The SMILES string of the molecule is C=C(C)C(=O)SC(CCC)CSc1nnc(SCCC)s1. The van der Waals surface area contributed by atoms with E-state index in [1.54, 1.807) is 41.8 Å². The monoisotopic (exact) mass is 362 g/mol. The predicted molar refractivity (Wildman–Crippen MR) is 97.8 cm³/mol. The second kappa shape index (κ2) is 10.7. The third-order valence-electron chi connectivity index (χ3n) is 2.44. The van der Waals surface area contributed by atoms with Gasteiger partial charge in [0.1, 0.15) is 0 Å². The highest BCUT2D eigenvalue weighted by atomic mass is 32.2. The fourth-order valence-electron chi connectivity index (χ4n) is 1.42. The molecule has 1 unspecified atom stereocenters. The second-order valence-electron chi connectivity index (χ2n) is 4.59. The lowest BCUT2D eigenvalue weighted by Crippen LogP contribution is -2.10. The highest BCUT2D eigenvalue weighted by Crippen LogP contribution is 2.32. The Bertz CT molecular complexity index is 462. The van der Waals surface area contributed by atoms with Crippen LogP contribution in [0.4, 0.5) is 0 Å². The molecular formula is C14H22N2OS4. The van der Waals surface area contributed by atoms with E-state index in [9.17, 15) is 4.79 Å². The van der Waals surface area contributed by atoms with E-state index in [0.29, 0.717) is 10.8 Å². The van der Waals surface area contributed by atoms with Gasteiger partial charge in [-0.25, -0.2) is 0 Å². The smallest absolute Gasteiger partial charge is 0.214 e. The summed E-state index contributed by atoms with van der Waals surface area (Å²) in [7, 11) is 0. The van der Waals surface area contributed by atoms with Crippen LogP contribution in [0.25, 0.3) is 0 Å². The number of thioether (sulfide) groups is 3.